The largest absolute Gasteiger partial charge is 0.385 e. The lowest BCUT2D eigenvalue weighted by atomic mass is 9.67. The number of hydrogen-bond acceptors (Lipinski definition) is 3. The second kappa shape index (κ2) is 11.1. The molecule has 1 fully saturated rings. The van der Waals surface area contributed by atoms with Crippen molar-refractivity contribution in [3.63, 3.8) is 0 Å². The Bertz CT molecular complexity index is 615. The van der Waals surface area contributed by atoms with Crippen molar-refractivity contribution in [2.45, 2.75) is 32.6 Å². The third-order valence-corrected chi connectivity index (χ3v) is 5.23. The summed E-state index contributed by atoms with van der Waals surface area (Å²) in [6, 6.07) is 6.86. The molecule has 6 nitrogen and oxygen atoms in total. The molecule has 0 atom stereocenters. The van der Waals surface area contributed by atoms with Gasteiger partial charge in [0.05, 0.1) is 0 Å². The van der Waals surface area contributed by atoms with E-state index in [1.54, 1.807) is 31.4 Å². The fourth-order valence-corrected chi connectivity index (χ4v) is 3.26. The molecular weight excluding hydrogens is 364 g/mol. The van der Waals surface area contributed by atoms with Gasteiger partial charge in [0.2, 0.25) is 0 Å². The highest BCUT2D eigenvalue weighted by Crippen LogP contribution is 2.44. The number of aliphatic imine (C=N–C) groups is 1. The molecule has 0 aromatic heterocycles. The summed E-state index contributed by atoms with van der Waals surface area (Å²) in [5, 5.41) is 10.1. The lowest BCUT2D eigenvalue weighted by Crippen LogP contribution is -2.43. The van der Waals surface area contributed by atoms with Gasteiger partial charge >= 0.3 is 0 Å². The van der Waals surface area contributed by atoms with E-state index in [-0.39, 0.29) is 5.91 Å². The zero-order chi connectivity index (χ0) is 19.5. The number of carbonyl (C=O) groups excluding carboxylic acids is 1. The third kappa shape index (κ3) is 7.03. The highest BCUT2D eigenvalue weighted by Gasteiger charge is 2.36. The summed E-state index contributed by atoms with van der Waals surface area (Å²) in [7, 11) is 1.75. The van der Waals surface area contributed by atoms with Gasteiger partial charge in [0.1, 0.15) is 0 Å². The van der Waals surface area contributed by atoms with Crippen LogP contribution in [0.3, 0.4) is 0 Å². The quantitative estimate of drug-likeness (QED) is 0.324. The highest BCUT2D eigenvalue weighted by molar-refractivity contribution is 6.30. The first-order valence-electron chi connectivity index (χ1n) is 9.63. The molecule has 0 unspecified atom stereocenters. The Morgan fingerprint density at radius 2 is 1.89 bits per heavy atom. The number of amides is 1. The van der Waals surface area contributed by atoms with Crippen molar-refractivity contribution < 1.29 is 9.53 Å². The van der Waals surface area contributed by atoms with Crippen LogP contribution in [0.2, 0.25) is 5.02 Å². The minimum atomic E-state index is -0.108. The van der Waals surface area contributed by atoms with Crippen LogP contribution >= 0.6 is 11.6 Å². The number of halogens is 1. The molecule has 7 heteroatoms. The Morgan fingerprint density at radius 3 is 2.48 bits per heavy atom. The van der Waals surface area contributed by atoms with Crippen molar-refractivity contribution in [2.24, 2.45) is 10.4 Å². The van der Waals surface area contributed by atoms with Gasteiger partial charge in [-0.25, -0.2) is 0 Å². The third-order valence-electron chi connectivity index (χ3n) is 4.98. The minimum Gasteiger partial charge on any atom is -0.385 e. The second-order valence-corrected chi connectivity index (χ2v) is 7.42. The molecule has 1 saturated carbocycles. The summed E-state index contributed by atoms with van der Waals surface area (Å²) < 4.78 is 5.25. The molecule has 27 heavy (non-hydrogen) atoms. The summed E-state index contributed by atoms with van der Waals surface area (Å²) in [6.45, 7) is 5.56. The smallest absolute Gasteiger partial charge is 0.251 e. The summed E-state index contributed by atoms with van der Waals surface area (Å²) in [6.07, 6.45) is 4.77. The van der Waals surface area contributed by atoms with Crippen LogP contribution in [0.1, 0.15) is 43.0 Å². The molecular formula is C20H31ClN4O2. The van der Waals surface area contributed by atoms with Gasteiger partial charge in [-0.2, -0.15) is 0 Å². The molecule has 1 aromatic rings. The molecule has 3 N–H and O–H groups in total. The van der Waals surface area contributed by atoms with E-state index in [9.17, 15) is 4.79 Å². The molecule has 0 radical (unpaired) electrons. The zero-order valence-corrected chi connectivity index (χ0v) is 17.1. The average molecular weight is 395 g/mol. The molecule has 150 valence electrons. The van der Waals surface area contributed by atoms with E-state index in [1.165, 1.54) is 19.3 Å². The Labute approximate surface area is 167 Å². The van der Waals surface area contributed by atoms with Crippen LogP contribution in [0.4, 0.5) is 0 Å². The molecule has 0 bridgehead atoms. The fourth-order valence-electron chi connectivity index (χ4n) is 3.13. The minimum absolute atomic E-state index is 0.108. The van der Waals surface area contributed by atoms with Crippen molar-refractivity contribution in [1.29, 1.82) is 0 Å². The van der Waals surface area contributed by atoms with Crippen LogP contribution < -0.4 is 16.0 Å². The first kappa shape index (κ1) is 21.5. The Hall–Kier alpha value is -1.79. The Kier molecular flexibility index (Phi) is 8.88. The average Bonchev–Trinajstić information content (AvgIpc) is 2.64. The Morgan fingerprint density at radius 1 is 1.19 bits per heavy atom. The van der Waals surface area contributed by atoms with E-state index in [1.807, 2.05) is 6.92 Å². The van der Waals surface area contributed by atoms with E-state index in [0.717, 1.165) is 32.1 Å². The van der Waals surface area contributed by atoms with Crippen molar-refractivity contribution in [3.05, 3.63) is 34.9 Å². The van der Waals surface area contributed by atoms with Crippen LogP contribution in [0.25, 0.3) is 0 Å². The van der Waals surface area contributed by atoms with Crippen molar-refractivity contribution in [2.75, 3.05) is 39.9 Å². The number of hydrogen-bond donors (Lipinski definition) is 3. The molecule has 1 aliphatic carbocycles. The number of ether oxygens (including phenoxy) is 1. The van der Waals surface area contributed by atoms with E-state index in [2.05, 4.69) is 16.0 Å². The van der Waals surface area contributed by atoms with Gasteiger partial charge in [-0.15, -0.1) is 0 Å². The van der Waals surface area contributed by atoms with Crippen LogP contribution in [-0.2, 0) is 4.74 Å². The van der Waals surface area contributed by atoms with Crippen LogP contribution in [0.15, 0.2) is 29.3 Å². The van der Waals surface area contributed by atoms with Gasteiger partial charge < -0.3 is 20.7 Å². The molecule has 0 saturated heterocycles. The number of nitrogens with one attached hydrogen (secondary N) is 3. The topological polar surface area (TPSA) is 74.8 Å². The number of carbonyl (C=O) groups is 1. The maximum absolute atomic E-state index is 12.1. The lowest BCUT2D eigenvalue weighted by molar-refractivity contribution is 0.0778. The van der Waals surface area contributed by atoms with Gasteiger partial charge in [0, 0.05) is 50.5 Å². The molecule has 0 heterocycles. The summed E-state index contributed by atoms with van der Waals surface area (Å²) in [5.74, 6) is 0.685. The summed E-state index contributed by atoms with van der Waals surface area (Å²) in [5.41, 5.74) is 0.895. The van der Waals surface area contributed by atoms with Crippen molar-refractivity contribution in [1.82, 2.24) is 16.0 Å². The zero-order valence-electron chi connectivity index (χ0n) is 16.3. The number of nitrogens with zero attached hydrogens (tertiary/aromatic N) is 1. The monoisotopic (exact) mass is 394 g/mol. The predicted octanol–water partition coefficient (Wildman–Crippen LogP) is 2.83. The lowest BCUT2D eigenvalue weighted by Gasteiger charge is -2.40. The first-order chi connectivity index (χ1) is 13.1. The SMILES string of the molecule is CCNC(=NCC1(CCOC)CCC1)NCCNC(=O)c1ccc(Cl)cc1. The maximum Gasteiger partial charge on any atom is 0.251 e. The van der Waals surface area contributed by atoms with E-state index in [0.29, 0.717) is 29.1 Å². The van der Waals surface area contributed by atoms with Gasteiger partial charge in [-0.1, -0.05) is 18.0 Å². The molecule has 2 rings (SSSR count). The number of rotatable bonds is 10. The molecule has 1 aliphatic rings. The van der Waals surface area contributed by atoms with Crippen molar-refractivity contribution >= 4 is 23.5 Å². The van der Waals surface area contributed by atoms with Gasteiger partial charge in [0.15, 0.2) is 5.96 Å². The van der Waals surface area contributed by atoms with Gasteiger partial charge in [0.25, 0.3) is 5.91 Å². The molecule has 1 amide bonds. The number of methoxy groups -OCH3 is 1. The molecule has 0 aliphatic heterocycles. The van der Waals surface area contributed by atoms with E-state index in [4.69, 9.17) is 21.3 Å². The van der Waals surface area contributed by atoms with Gasteiger partial charge in [-0.3, -0.25) is 9.79 Å². The highest BCUT2D eigenvalue weighted by atomic mass is 35.5. The fraction of sp³-hybridized carbons (Fsp3) is 0.600. The Balaban J connectivity index is 1.76. The van der Waals surface area contributed by atoms with Crippen molar-refractivity contribution in [3.8, 4) is 0 Å². The van der Waals surface area contributed by atoms with Crippen LogP contribution in [0.5, 0.6) is 0 Å². The second-order valence-electron chi connectivity index (χ2n) is 6.98. The summed E-state index contributed by atoms with van der Waals surface area (Å²) >= 11 is 5.84. The summed E-state index contributed by atoms with van der Waals surface area (Å²) in [4.78, 5) is 16.8. The molecule has 1 aromatic carbocycles. The van der Waals surface area contributed by atoms with Gasteiger partial charge in [-0.05, 0) is 55.9 Å². The predicted molar refractivity (Wildman–Crippen MR) is 111 cm³/mol. The number of benzene rings is 1. The van der Waals surface area contributed by atoms with E-state index >= 15 is 0 Å². The van der Waals surface area contributed by atoms with Crippen LogP contribution in [0, 0.1) is 5.41 Å². The van der Waals surface area contributed by atoms with Crippen LogP contribution in [-0.4, -0.2) is 51.8 Å². The maximum atomic E-state index is 12.1. The normalized spacial score (nSPS) is 15.7. The standard InChI is InChI=1S/C20H31ClN4O2/c1-3-22-19(25-15-20(9-4-10-20)11-14-27-2)24-13-12-23-18(26)16-5-7-17(21)8-6-16/h5-8H,3-4,9-15H2,1-2H3,(H,23,26)(H2,22,24,25). The first-order valence-corrected chi connectivity index (χ1v) is 10.0. The number of guanidine groups is 1. The molecule has 0 spiro atoms. The van der Waals surface area contributed by atoms with E-state index < -0.39 is 0 Å².